The predicted molar refractivity (Wildman–Crippen MR) is 106 cm³/mol. The highest BCUT2D eigenvalue weighted by atomic mass is 35.5. The molecule has 0 fully saturated rings. The predicted octanol–water partition coefficient (Wildman–Crippen LogP) is 3.37. The molecule has 0 radical (unpaired) electrons. The van der Waals surface area contributed by atoms with Crippen molar-refractivity contribution in [3.8, 4) is 11.3 Å². The van der Waals surface area contributed by atoms with Crippen molar-refractivity contribution in [2.24, 2.45) is 0 Å². The summed E-state index contributed by atoms with van der Waals surface area (Å²) in [4.78, 5) is 32.4. The molecule has 8 heteroatoms. The highest BCUT2D eigenvalue weighted by Crippen LogP contribution is 2.23. The highest BCUT2D eigenvalue weighted by molar-refractivity contribution is 6.31. The van der Waals surface area contributed by atoms with Crippen LogP contribution in [0.4, 0.5) is 0 Å². The molecule has 0 bridgehead atoms. The van der Waals surface area contributed by atoms with Crippen LogP contribution in [0.3, 0.4) is 0 Å². The SMILES string of the molecule is O=C(O)CCCc1nc2ccc(Cl)cc2c2nc(=O)c(-c3ccccc3)nn12. The Morgan fingerprint density at radius 3 is 2.64 bits per heavy atom. The third kappa shape index (κ3) is 3.44. The Balaban J connectivity index is 1.97. The minimum absolute atomic E-state index is 0.0149. The maximum Gasteiger partial charge on any atom is 0.303 e. The molecule has 7 nitrogen and oxygen atoms in total. The fourth-order valence-electron chi connectivity index (χ4n) is 3.05. The molecule has 2 aromatic carbocycles. The molecule has 0 saturated carbocycles. The molecule has 0 atom stereocenters. The Bertz CT molecular complexity index is 1260. The van der Waals surface area contributed by atoms with Crippen LogP contribution in [0.15, 0.2) is 53.3 Å². The molecule has 28 heavy (non-hydrogen) atoms. The van der Waals surface area contributed by atoms with E-state index in [0.29, 0.717) is 45.8 Å². The molecule has 0 aliphatic heterocycles. The maximum absolute atomic E-state index is 12.7. The Hall–Kier alpha value is -3.32. The van der Waals surface area contributed by atoms with Gasteiger partial charge in [0, 0.05) is 28.8 Å². The third-order valence-corrected chi connectivity index (χ3v) is 4.58. The minimum Gasteiger partial charge on any atom is -0.481 e. The fraction of sp³-hybridized carbons (Fsp3) is 0.150. The average molecular weight is 395 g/mol. The maximum atomic E-state index is 12.7. The number of aromatic nitrogens is 4. The van der Waals surface area contributed by atoms with Crippen molar-refractivity contribution in [1.29, 1.82) is 0 Å². The summed E-state index contributed by atoms with van der Waals surface area (Å²) < 4.78 is 1.52. The van der Waals surface area contributed by atoms with Crippen molar-refractivity contribution in [2.75, 3.05) is 0 Å². The first kappa shape index (κ1) is 18.1. The van der Waals surface area contributed by atoms with Crippen LogP contribution >= 0.6 is 11.6 Å². The van der Waals surface area contributed by atoms with Gasteiger partial charge >= 0.3 is 5.97 Å². The smallest absolute Gasteiger partial charge is 0.303 e. The second-order valence-corrected chi connectivity index (χ2v) is 6.74. The molecule has 1 N–H and O–H groups in total. The van der Waals surface area contributed by atoms with Crippen LogP contribution < -0.4 is 5.56 Å². The molecule has 2 aromatic heterocycles. The van der Waals surface area contributed by atoms with Crippen LogP contribution in [0.2, 0.25) is 5.02 Å². The van der Waals surface area contributed by atoms with Gasteiger partial charge in [0.05, 0.1) is 5.52 Å². The van der Waals surface area contributed by atoms with E-state index in [-0.39, 0.29) is 12.1 Å². The van der Waals surface area contributed by atoms with Crippen LogP contribution in [0.1, 0.15) is 18.7 Å². The molecule has 0 amide bonds. The number of aryl methyl sites for hydroxylation is 1. The molecular formula is C20H15ClN4O3. The van der Waals surface area contributed by atoms with Gasteiger partial charge in [-0.25, -0.2) is 4.98 Å². The number of aliphatic carboxylic acids is 1. The lowest BCUT2D eigenvalue weighted by Crippen LogP contribution is -2.19. The second-order valence-electron chi connectivity index (χ2n) is 6.30. The quantitative estimate of drug-likeness (QED) is 0.521. The van der Waals surface area contributed by atoms with Crippen molar-refractivity contribution in [2.45, 2.75) is 19.3 Å². The second kappa shape index (κ2) is 7.36. The zero-order valence-electron chi connectivity index (χ0n) is 14.7. The number of carboxylic acids is 1. The molecule has 140 valence electrons. The molecule has 0 saturated heterocycles. The van der Waals surface area contributed by atoms with E-state index in [1.54, 1.807) is 30.3 Å². The zero-order chi connectivity index (χ0) is 19.7. The van der Waals surface area contributed by atoms with E-state index >= 15 is 0 Å². The third-order valence-electron chi connectivity index (χ3n) is 4.34. The fourth-order valence-corrected chi connectivity index (χ4v) is 3.22. The lowest BCUT2D eigenvalue weighted by atomic mass is 10.1. The molecule has 2 heterocycles. The molecular weight excluding hydrogens is 380 g/mol. The number of rotatable bonds is 5. The average Bonchev–Trinajstić information content (AvgIpc) is 2.68. The van der Waals surface area contributed by atoms with E-state index in [1.165, 1.54) is 4.52 Å². The molecule has 0 aliphatic rings. The summed E-state index contributed by atoms with van der Waals surface area (Å²) in [5, 5.41) is 14.5. The van der Waals surface area contributed by atoms with Crippen LogP contribution in [-0.2, 0) is 11.2 Å². The van der Waals surface area contributed by atoms with Gasteiger partial charge in [0.15, 0.2) is 11.3 Å². The highest BCUT2D eigenvalue weighted by Gasteiger charge is 2.15. The van der Waals surface area contributed by atoms with Crippen LogP contribution in [0, 0.1) is 0 Å². The molecule has 0 aliphatic carbocycles. The van der Waals surface area contributed by atoms with Gasteiger partial charge < -0.3 is 5.11 Å². The summed E-state index contributed by atoms with van der Waals surface area (Å²) in [6.45, 7) is 0. The number of hydrogen-bond acceptors (Lipinski definition) is 5. The first-order chi connectivity index (χ1) is 13.5. The van der Waals surface area contributed by atoms with Crippen molar-refractivity contribution in [3.05, 3.63) is 69.7 Å². The van der Waals surface area contributed by atoms with E-state index in [2.05, 4.69) is 15.1 Å². The largest absolute Gasteiger partial charge is 0.481 e. The molecule has 0 unspecified atom stereocenters. The summed E-state index contributed by atoms with van der Waals surface area (Å²) in [5.41, 5.74) is 1.38. The monoisotopic (exact) mass is 394 g/mol. The van der Waals surface area contributed by atoms with Crippen LogP contribution in [-0.4, -0.2) is 30.7 Å². The van der Waals surface area contributed by atoms with E-state index < -0.39 is 11.5 Å². The number of hydrogen-bond donors (Lipinski definition) is 1. The van der Waals surface area contributed by atoms with Crippen molar-refractivity contribution in [3.63, 3.8) is 0 Å². The summed E-state index contributed by atoms with van der Waals surface area (Å²) >= 11 is 6.12. The topological polar surface area (TPSA) is 97.5 Å². The first-order valence-electron chi connectivity index (χ1n) is 8.69. The number of benzene rings is 2. The first-order valence-corrected chi connectivity index (χ1v) is 9.07. The van der Waals surface area contributed by atoms with E-state index in [1.807, 2.05) is 18.2 Å². The standard InChI is InChI=1S/C20H15ClN4O3/c21-13-9-10-15-14(11-13)19-23-20(28)18(12-5-2-1-3-6-12)24-25(19)16(22-15)7-4-8-17(26)27/h1-3,5-6,9-11H,4,7-8H2,(H,26,27). The van der Waals surface area contributed by atoms with E-state index in [0.717, 1.165) is 0 Å². The Labute approximate surface area is 164 Å². The van der Waals surface area contributed by atoms with Gasteiger partial charge in [-0.1, -0.05) is 41.9 Å². The van der Waals surface area contributed by atoms with Crippen LogP contribution in [0.5, 0.6) is 0 Å². The van der Waals surface area contributed by atoms with Crippen molar-refractivity contribution < 1.29 is 9.90 Å². The van der Waals surface area contributed by atoms with Crippen molar-refractivity contribution in [1.82, 2.24) is 19.6 Å². The Morgan fingerprint density at radius 1 is 1.11 bits per heavy atom. The number of fused-ring (bicyclic) bond motifs is 3. The summed E-state index contributed by atoms with van der Waals surface area (Å²) in [6.07, 6.45) is 0.791. The lowest BCUT2D eigenvalue weighted by Gasteiger charge is -2.11. The lowest BCUT2D eigenvalue weighted by molar-refractivity contribution is -0.137. The van der Waals surface area contributed by atoms with Crippen molar-refractivity contribution >= 4 is 34.1 Å². The van der Waals surface area contributed by atoms with Gasteiger partial charge in [0.1, 0.15) is 5.82 Å². The summed E-state index contributed by atoms with van der Waals surface area (Å²) in [6, 6.07) is 14.2. The van der Waals surface area contributed by atoms with Crippen LogP contribution in [0.25, 0.3) is 27.8 Å². The van der Waals surface area contributed by atoms with E-state index in [9.17, 15) is 9.59 Å². The summed E-state index contributed by atoms with van der Waals surface area (Å²) in [5.74, 6) is -0.337. The number of carboxylic acid groups (broad SMARTS) is 1. The number of nitrogens with zero attached hydrogens (tertiary/aromatic N) is 4. The molecule has 0 spiro atoms. The minimum atomic E-state index is -0.875. The van der Waals surface area contributed by atoms with E-state index in [4.69, 9.17) is 16.7 Å². The van der Waals surface area contributed by atoms with Gasteiger partial charge in [0.25, 0.3) is 5.56 Å². The zero-order valence-corrected chi connectivity index (χ0v) is 15.4. The molecule has 4 aromatic rings. The van der Waals surface area contributed by atoms with Gasteiger partial charge in [-0.05, 0) is 24.6 Å². The summed E-state index contributed by atoms with van der Waals surface area (Å²) in [7, 11) is 0. The van der Waals surface area contributed by atoms with Gasteiger partial charge in [0.2, 0.25) is 0 Å². The molecule has 4 rings (SSSR count). The number of carbonyl (C=O) groups is 1. The Morgan fingerprint density at radius 2 is 1.89 bits per heavy atom. The normalized spacial score (nSPS) is 11.2. The number of halogens is 1. The van der Waals surface area contributed by atoms with Gasteiger partial charge in [-0.3, -0.25) is 9.59 Å². The van der Waals surface area contributed by atoms with Gasteiger partial charge in [-0.15, -0.1) is 0 Å². The Kier molecular flexibility index (Phi) is 4.75. The van der Waals surface area contributed by atoms with Gasteiger partial charge in [-0.2, -0.15) is 14.6 Å².